The molecule has 0 aliphatic rings. The normalized spacial score (nSPS) is 10.3. The quantitative estimate of drug-likeness (QED) is 0.664. The third-order valence-electron chi connectivity index (χ3n) is 3.33. The number of rotatable bonds is 9. The van der Waals surface area contributed by atoms with Crippen molar-refractivity contribution in [2.75, 3.05) is 26.2 Å². The fourth-order valence-electron chi connectivity index (χ4n) is 2.04. The predicted molar refractivity (Wildman–Crippen MR) is 78.3 cm³/mol. The van der Waals surface area contributed by atoms with Crippen molar-refractivity contribution < 1.29 is 17.1 Å². The molecule has 1 rings (SSSR count). The molecule has 3 heteroatoms. The number of hydrogen-bond acceptors (Lipinski definition) is 2. The Morgan fingerprint density at radius 1 is 1.05 bits per heavy atom. The van der Waals surface area contributed by atoms with Gasteiger partial charge in [0.25, 0.3) is 0 Å². The molecule has 2 nitrogen and oxygen atoms in total. The van der Waals surface area contributed by atoms with Gasteiger partial charge in [-0.3, -0.25) is 0 Å². The van der Waals surface area contributed by atoms with Crippen LogP contribution in [0.15, 0.2) is 24.3 Å². The fraction of sp³-hybridized carbons (Fsp3) is 0.625. The van der Waals surface area contributed by atoms with Gasteiger partial charge < -0.3 is 22.0 Å². The van der Waals surface area contributed by atoms with Crippen molar-refractivity contribution >= 4 is 0 Å². The van der Waals surface area contributed by atoms with Crippen LogP contribution in [0.3, 0.4) is 0 Å². The highest BCUT2D eigenvalue weighted by Gasteiger charge is 2.03. The van der Waals surface area contributed by atoms with Crippen molar-refractivity contribution in [2.45, 2.75) is 40.0 Å². The van der Waals surface area contributed by atoms with E-state index in [1.807, 2.05) is 0 Å². The highest BCUT2D eigenvalue weighted by atomic mass is 35.5. The van der Waals surface area contributed by atoms with Gasteiger partial charge in [0.2, 0.25) is 0 Å². The van der Waals surface area contributed by atoms with E-state index in [1.165, 1.54) is 18.4 Å². The van der Waals surface area contributed by atoms with Gasteiger partial charge in [0, 0.05) is 6.54 Å². The molecule has 110 valence electrons. The minimum absolute atomic E-state index is 0. The Hall–Kier alpha value is -0.730. The number of unbranched alkanes of at least 4 members (excludes halogenated alkanes) is 1. The van der Waals surface area contributed by atoms with Crippen molar-refractivity contribution in [3.63, 3.8) is 0 Å². The summed E-state index contributed by atoms with van der Waals surface area (Å²) >= 11 is 0. The molecular formula is C16H27ClNO-. The van der Waals surface area contributed by atoms with Crippen LogP contribution >= 0.6 is 0 Å². The van der Waals surface area contributed by atoms with Gasteiger partial charge in [-0.25, -0.2) is 0 Å². The zero-order valence-electron chi connectivity index (χ0n) is 12.5. The number of para-hydroxylation sites is 1. The SMILES string of the molecule is CCCCc1ccccc1OCCN(CC)CC.[Cl-]. The molecule has 0 aliphatic carbocycles. The average molecular weight is 285 g/mol. The molecule has 0 atom stereocenters. The molecule has 1 aromatic carbocycles. The smallest absolute Gasteiger partial charge is 0.122 e. The van der Waals surface area contributed by atoms with E-state index >= 15 is 0 Å². The molecular weight excluding hydrogens is 258 g/mol. The summed E-state index contributed by atoms with van der Waals surface area (Å²) in [6.07, 6.45) is 3.59. The Kier molecular flexibility index (Phi) is 10.7. The Morgan fingerprint density at radius 2 is 1.74 bits per heavy atom. The third-order valence-corrected chi connectivity index (χ3v) is 3.33. The molecule has 1 aromatic rings. The van der Waals surface area contributed by atoms with Gasteiger partial charge in [-0.1, -0.05) is 45.4 Å². The minimum Gasteiger partial charge on any atom is -1.00 e. The topological polar surface area (TPSA) is 12.5 Å². The second-order valence-corrected chi connectivity index (χ2v) is 4.59. The van der Waals surface area contributed by atoms with Crippen LogP contribution in [0.1, 0.15) is 39.2 Å². The maximum absolute atomic E-state index is 5.93. The number of hydrogen-bond donors (Lipinski definition) is 0. The standard InChI is InChI=1S/C16H27NO.ClH/c1-4-7-10-15-11-8-9-12-16(15)18-14-13-17(5-2)6-3;/h8-9,11-12H,4-7,10,13-14H2,1-3H3;1H/p-1. The van der Waals surface area contributed by atoms with E-state index in [4.69, 9.17) is 4.74 Å². The molecule has 0 saturated carbocycles. The third kappa shape index (κ3) is 6.84. The van der Waals surface area contributed by atoms with Gasteiger partial charge in [0.05, 0.1) is 0 Å². The van der Waals surface area contributed by atoms with E-state index in [9.17, 15) is 0 Å². The first-order valence-electron chi connectivity index (χ1n) is 7.24. The van der Waals surface area contributed by atoms with Crippen LogP contribution < -0.4 is 17.1 Å². The molecule has 0 amide bonds. The minimum atomic E-state index is 0. The fourth-order valence-corrected chi connectivity index (χ4v) is 2.04. The zero-order valence-corrected chi connectivity index (χ0v) is 13.2. The van der Waals surface area contributed by atoms with Gasteiger partial charge in [-0.15, -0.1) is 0 Å². The van der Waals surface area contributed by atoms with E-state index in [0.29, 0.717) is 0 Å². The lowest BCUT2D eigenvalue weighted by atomic mass is 10.1. The van der Waals surface area contributed by atoms with Crippen molar-refractivity contribution in [1.29, 1.82) is 0 Å². The maximum Gasteiger partial charge on any atom is 0.122 e. The highest BCUT2D eigenvalue weighted by molar-refractivity contribution is 5.33. The van der Waals surface area contributed by atoms with Gasteiger partial charge in [-0.2, -0.15) is 0 Å². The van der Waals surface area contributed by atoms with E-state index < -0.39 is 0 Å². The van der Waals surface area contributed by atoms with E-state index in [-0.39, 0.29) is 12.4 Å². The van der Waals surface area contributed by atoms with Crippen LogP contribution in [0.25, 0.3) is 0 Å². The predicted octanol–water partition coefficient (Wildman–Crippen LogP) is 0.754. The average Bonchev–Trinajstić information content (AvgIpc) is 2.42. The van der Waals surface area contributed by atoms with Crippen LogP contribution in [0.5, 0.6) is 5.75 Å². The second-order valence-electron chi connectivity index (χ2n) is 4.59. The molecule has 0 N–H and O–H groups in total. The van der Waals surface area contributed by atoms with Gasteiger partial charge in [-0.05, 0) is 37.6 Å². The van der Waals surface area contributed by atoms with Crippen LogP contribution in [0.2, 0.25) is 0 Å². The number of nitrogens with zero attached hydrogens (tertiary/aromatic N) is 1. The summed E-state index contributed by atoms with van der Waals surface area (Å²) in [4.78, 5) is 2.38. The summed E-state index contributed by atoms with van der Waals surface area (Å²) in [5.41, 5.74) is 1.35. The van der Waals surface area contributed by atoms with E-state index in [0.717, 1.165) is 38.4 Å². The number of benzene rings is 1. The lowest BCUT2D eigenvalue weighted by Crippen LogP contribution is -3.00. The molecule has 0 saturated heterocycles. The molecule has 0 heterocycles. The number of halogens is 1. The van der Waals surface area contributed by atoms with Gasteiger partial charge in [0.1, 0.15) is 12.4 Å². The number of aryl methyl sites for hydroxylation is 1. The monoisotopic (exact) mass is 284 g/mol. The van der Waals surface area contributed by atoms with E-state index in [1.54, 1.807) is 0 Å². The first-order valence-corrected chi connectivity index (χ1v) is 7.24. The van der Waals surface area contributed by atoms with Crippen LogP contribution in [0.4, 0.5) is 0 Å². The molecule has 0 aromatic heterocycles. The second kappa shape index (κ2) is 11.1. The largest absolute Gasteiger partial charge is 1.00 e. The van der Waals surface area contributed by atoms with Crippen LogP contribution in [0, 0.1) is 0 Å². The first kappa shape index (κ1) is 18.3. The molecule has 0 spiro atoms. The molecule has 0 aliphatic heterocycles. The maximum atomic E-state index is 5.93. The zero-order chi connectivity index (χ0) is 13.2. The summed E-state index contributed by atoms with van der Waals surface area (Å²) in [7, 11) is 0. The lowest BCUT2D eigenvalue weighted by Gasteiger charge is -2.19. The molecule has 0 radical (unpaired) electrons. The highest BCUT2D eigenvalue weighted by Crippen LogP contribution is 2.19. The Bertz CT molecular complexity index is 326. The summed E-state index contributed by atoms with van der Waals surface area (Å²) in [5.74, 6) is 1.07. The van der Waals surface area contributed by atoms with E-state index in [2.05, 4.69) is 49.9 Å². The van der Waals surface area contributed by atoms with Crippen molar-refractivity contribution in [3.05, 3.63) is 29.8 Å². The molecule has 0 bridgehead atoms. The summed E-state index contributed by atoms with van der Waals surface area (Å²) in [5, 5.41) is 0. The molecule has 0 fully saturated rings. The Labute approximate surface area is 124 Å². The summed E-state index contributed by atoms with van der Waals surface area (Å²) < 4.78 is 5.93. The first-order chi connectivity index (χ1) is 8.81. The lowest BCUT2D eigenvalue weighted by molar-refractivity contribution is -0.00000437. The van der Waals surface area contributed by atoms with Gasteiger partial charge >= 0.3 is 0 Å². The number of likely N-dealkylation sites (N-methyl/N-ethyl adjacent to an activating group) is 1. The molecule has 0 unspecified atom stereocenters. The summed E-state index contributed by atoms with van der Waals surface area (Å²) in [6.45, 7) is 10.6. The van der Waals surface area contributed by atoms with Gasteiger partial charge in [0.15, 0.2) is 0 Å². The van der Waals surface area contributed by atoms with Crippen molar-refractivity contribution in [2.24, 2.45) is 0 Å². The van der Waals surface area contributed by atoms with Crippen LogP contribution in [-0.4, -0.2) is 31.1 Å². The van der Waals surface area contributed by atoms with Crippen molar-refractivity contribution in [3.8, 4) is 5.75 Å². The van der Waals surface area contributed by atoms with Crippen molar-refractivity contribution in [1.82, 2.24) is 4.90 Å². The summed E-state index contributed by atoms with van der Waals surface area (Å²) in [6, 6.07) is 8.43. The van der Waals surface area contributed by atoms with Crippen LogP contribution in [-0.2, 0) is 6.42 Å². The molecule has 19 heavy (non-hydrogen) atoms. The Balaban J connectivity index is 0.00000324. The number of ether oxygens (including phenoxy) is 1. The Morgan fingerprint density at radius 3 is 2.37 bits per heavy atom.